The van der Waals surface area contributed by atoms with Gasteiger partial charge >= 0.3 is 0 Å². The van der Waals surface area contributed by atoms with Gasteiger partial charge in [0, 0.05) is 10.7 Å². The standard InChI is InChI=1S/C32H41NOS/c1-7-28(20-24-14-9-8-10-15-24)33-31(34)30(23(2)3)27(22-35-32(4,5)6)21-26-18-13-17-25-16-11-12-19-29(25)26/h7-19,23,27-28,30H,1,20-22H2,2-6H3,(H,33,34)/t27-,28?,30-/m1/s1. The molecule has 2 nitrogen and oxygen atoms in total. The van der Waals surface area contributed by atoms with Crippen LogP contribution in [-0.4, -0.2) is 22.4 Å². The molecule has 1 unspecified atom stereocenters. The van der Waals surface area contributed by atoms with Gasteiger partial charge in [-0.25, -0.2) is 0 Å². The molecule has 3 rings (SSSR count). The summed E-state index contributed by atoms with van der Waals surface area (Å²) in [6.45, 7) is 15.1. The summed E-state index contributed by atoms with van der Waals surface area (Å²) in [5.74, 6) is 1.47. The summed E-state index contributed by atoms with van der Waals surface area (Å²) >= 11 is 1.96. The van der Waals surface area contributed by atoms with E-state index in [0.717, 1.165) is 18.6 Å². The minimum Gasteiger partial charge on any atom is -0.349 e. The molecule has 0 aliphatic heterocycles. The van der Waals surface area contributed by atoms with Crippen molar-refractivity contribution < 1.29 is 4.79 Å². The van der Waals surface area contributed by atoms with Crippen LogP contribution in [-0.2, 0) is 17.6 Å². The molecule has 35 heavy (non-hydrogen) atoms. The number of nitrogens with one attached hydrogen (secondary N) is 1. The molecule has 1 N–H and O–H groups in total. The second kappa shape index (κ2) is 12.4. The van der Waals surface area contributed by atoms with Crippen LogP contribution in [0.2, 0.25) is 0 Å². The first-order valence-electron chi connectivity index (χ1n) is 12.8. The van der Waals surface area contributed by atoms with Crippen molar-refractivity contribution in [3.8, 4) is 0 Å². The smallest absolute Gasteiger partial charge is 0.224 e. The Kier molecular flexibility index (Phi) is 9.63. The summed E-state index contributed by atoms with van der Waals surface area (Å²) in [6, 6.07) is 25.3. The topological polar surface area (TPSA) is 29.1 Å². The third-order valence-electron chi connectivity index (χ3n) is 6.53. The molecular formula is C32H41NOS. The molecule has 0 aliphatic rings. The lowest BCUT2D eigenvalue weighted by Gasteiger charge is -2.32. The fourth-order valence-corrected chi connectivity index (χ4v) is 5.84. The van der Waals surface area contributed by atoms with E-state index in [1.54, 1.807) is 0 Å². The number of amides is 1. The molecule has 0 spiro atoms. The summed E-state index contributed by atoms with van der Waals surface area (Å²) in [6.07, 6.45) is 3.51. The Morgan fingerprint density at radius 3 is 2.26 bits per heavy atom. The maximum absolute atomic E-state index is 13.8. The Balaban J connectivity index is 1.86. The third kappa shape index (κ3) is 8.00. The van der Waals surface area contributed by atoms with Crippen LogP contribution in [0.4, 0.5) is 0 Å². The Hall–Kier alpha value is -2.52. The zero-order chi connectivity index (χ0) is 25.4. The average molecular weight is 488 g/mol. The van der Waals surface area contributed by atoms with Gasteiger partial charge in [-0.3, -0.25) is 4.79 Å². The van der Waals surface area contributed by atoms with E-state index in [0.29, 0.717) is 0 Å². The lowest BCUT2D eigenvalue weighted by atomic mass is 9.79. The van der Waals surface area contributed by atoms with Crippen LogP contribution in [0.5, 0.6) is 0 Å². The van der Waals surface area contributed by atoms with E-state index in [4.69, 9.17) is 0 Å². The average Bonchev–Trinajstić information content (AvgIpc) is 2.82. The predicted molar refractivity (Wildman–Crippen MR) is 154 cm³/mol. The number of thioether (sulfide) groups is 1. The Labute approximate surface area is 216 Å². The number of rotatable bonds is 11. The SMILES string of the molecule is C=CC(Cc1ccccc1)NC(=O)[C@H](C(C)C)[C@@H](CSC(C)(C)C)Cc1cccc2ccccc12. The molecule has 3 aromatic rings. The lowest BCUT2D eigenvalue weighted by Crippen LogP contribution is -2.44. The fraction of sp³-hybridized carbons (Fsp3) is 0.406. The Morgan fingerprint density at radius 2 is 1.60 bits per heavy atom. The number of carbonyl (C=O) groups excluding carboxylic acids is 1. The summed E-state index contributed by atoms with van der Waals surface area (Å²) < 4.78 is 0.145. The molecule has 3 aromatic carbocycles. The first kappa shape index (κ1) is 27.1. The van der Waals surface area contributed by atoms with Gasteiger partial charge in [0.25, 0.3) is 0 Å². The number of carbonyl (C=O) groups is 1. The number of benzene rings is 3. The largest absolute Gasteiger partial charge is 0.349 e. The molecule has 0 saturated heterocycles. The molecule has 0 radical (unpaired) electrons. The van der Waals surface area contributed by atoms with Crippen LogP contribution < -0.4 is 5.32 Å². The van der Waals surface area contributed by atoms with Gasteiger partial charge in [0.05, 0.1) is 6.04 Å². The van der Waals surface area contributed by atoms with Gasteiger partial charge in [-0.05, 0) is 52.3 Å². The second-order valence-electron chi connectivity index (χ2n) is 10.8. The van der Waals surface area contributed by atoms with Crippen molar-refractivity contribution in [2.75, 3.05) is 5.75 Å². The zero-order valence-electron chi connectivity index (χ0n) is 22.0. The van der Waals surface area contributed by atoms with Gasteiger partial charge in [0.2, 0.25) is 5.91 Å². The maximum atomic E-state index is 13.8. The van der Waals surface area contributed by atoms with Crippen molar-refractivity contribution in [3.63, 3.8) is 0 Å². The number of hydrogen-bond donors (Lipinski definition) is 1. The quantitative estimate of drug-likeness (QED) is 0.281. The highest BCUT2D eigenvalue weighted by Gasteiger charge is 2.33. The molecule has 0 heterocycles. The zero-order valence-corrected chi connectivity index (χ0v) is 22.8. The van der Waals surface area contributed by atoms with Crippen molar-refractivity contribution in [1.29, 1.82) is 0 Å². The van der Waals surface area contributed by atoms with E-state index in [1.165, 1.54) is 21.9 Å². The predicted octanol–water partition coefficient (Wildman–Crippen LogP) is 7.72. The molecule has 3 atom stereocenters. The van der Waals surface area contributed by atoms with E-state index in [1.807, 2.05) is 36.0 Å². The highest BCUT2D eigenvalue weighted by molar-refractivity contribution is 8.00. The van der Waals surface area contributed by atoms with Crippen molar-refractivity contribution in [1.82, 2.24) is 5.32 Å². The maximum Gasteiger partial charge on any atom is 0.224 e. The highest BCUT2D eigenvalue weighted by atomic mass is 32.2. The van der Waals surface area contributed by atoms with Crippen molar-refractivity contribution in [2.45, 2.75) is 58.2 Å². The molecule has 186 valence electrons. The second-order valence-corrected chi connectivity index (χ2v) is 12.7. The molecule has 0 saturated carbocycles. The molecular weight excluding hydrogens is 446 g/mol. The van der Waals surface area contributed by atoms with Crippen molar-refractivity contribution >= 4 is 28.4 Å². The van der Waals surface area contributed by atoms with Crippen LogP contribution in [0, 0.1) is 17.8 Å². The van der Waals surface area contributed by atoms with Gasteiger partial charge in [0.1, 0.15) is 0 Å². The number of fused-ring (bicyclic) bond motifs is 1. The molecule has 1 amide bonds. The fourth-order valence-electron chi connectivity index (χ4n) is 4.80. The highest BCUT2D eigenvalue weighted by Crippen LogP contribution is 2.34. The molecule has 0 aromatic heterocycles. The minimum atomic E-state index is -0.0837. The lowest BCUT2D eigenvalue weighted by molar-refractivity contribution is -0.128. The Bertz CT molecular complexity index is 1090. The van der Waals surface area contributed by atoms with Crippen LogP contribution in [0.15, 0.2) is 85.5 Å². The summed E-state index contributed by atoms with van der Waals surface area (Å²) in [5, 5.41) is 5.88. The molecule has 0 bridgehead atoms. The normalized spacial score (nSPS) is 14.5. The van der Waals surface area contributed by atoms with Gasteiger partial charge in [0.15, 0.2) is 0 Å². The van der Waals surface area contributed by atoms with Crippen LogP contribution in [0.3, 0.4) is 0 Å². The van der Waals surface area contributed by atoms with E-state index in [9.17, 15) is 4.79 Å². The van der Waals surface area contributed by atoms with Crippen molar-refractivity contribution in [2.24, 2.45) is 17.8 Å². The van der Waals surface area contributed by atoms with Crippen LogP contribution in [0.1, 0.15) is 45.7 Å². The van der Waals surface area contributed by atoms with Crippen LogP contribution >= 0.6 is 11.8 Å². The van der Waals surface area contributed by atoms with Gasteiger partial charge in [-0.2, -0.15) is 11.8 Å². The summed E-state index contributed by atoms with van der Waals surface area (Å²) in [5.41, 5.74) is 2.53. The van der Waals surface area contributed by atoms with Gasteiger partial charge < -0.3 is 5.32 Å². The molecule has 0 aliphatic carbocycles. The van der Waals surface area contributed by atoms with E-state index < -0.39 is 0 Å². The van der Waals surface area contributed by atoms with E-state index in [-0.39, 0.29) is 34.4 Å². The van der Waals surface area contributed by atoms with E-state index >= 15 is 0 Å². The Morgan fingerprint density at radius 1 is 0.943 bits per heavy atom. The number of hydrogen-bond acceptors (Lipinski definition) is 2. The monoisotopic (exact) mass is 487 g/mol. The third-order valence-corrected chi connectivity index (χ3v) is 7.99. The van der Waals surface area contributed by atoms with Crippen LogP contribution in [0.25, 0.3) is 10.8 Å². The molecule has 3 heteroatoms. The first-order valence-corrected chi connectivity index (χ1v) is 13.7. The first-order chi connectivity index (χ1) is 16.7. The van der Waals surface area contributed by atoms with Gasteiger partial charge in [-0.1, -0.05) is 113 Å². The van der Waals surface area contributed by atoms with Crippen molar-refractivity contribution in [3.05, 3.63) is 96.6 Å². The molecule has 0 fully saturated rings. The van der Waals surface area contributed by atoms with Gasteiger partial charge in [-0.15, -0.1) is 6.58 Å². The summed E-state index contributed by atoms with van der Waals surface area (Å²) in [7, 11) is 0. The summed E-state index contributed by atoms with van der Waals surface area (Å²) in [4.78, 5) is 13.8. The van der Waals surface area contributed by atoms with E-state index in [2.05, 4.69) is 101 Å². The minimum absolute atomic E-state index is 0.0814.